The third-order valence-electron chi connectivity index (χ3n) is 3.70. The van der Waals surface area contributed by atoms with Crippen molar-refractivity contribution in [3.63, 3.8) is 0 Å². The van der Waals surface area contributed by atoms with E-state index in [2.05, 4.69) is 41.0 Å². The van der Waals surface area contributed by atoms with Gasteiger partial charge in [0.15, 0.2) is 0 Å². The van der Waals surface area contributed by atoms with E-state index in [0.717, 1.165) is 18.8 Å². The standard InChI is InChI=1S/C10H4N12S2/c11-9-17-15-6-4-2(13-19-21(6)9)1-3-5(24-8(1)23-4)7-16-18-10(12)22(7)20-14-3/h(H2,11,17)(H2,12,18). The summed E-state index contributed by atoms with van der Waals surface area (Å²) in [5.41, 5.74) is 14.0. The predicted octanol–water partition coefficient (Wildman–Crippen LogP) is 0.0990. The SMILES string of the molecule is Nc1nnc2c3sc4sc5c(nnn6c(N)nnc56)c4c3nnn12. The van der Waals surface area contributed by atoms with Gasteiger partial charge < -0.3 is 11.5 Å². The Labute approximate surface area is 137 Å². The molecule has 0 aliphatic carbocycles. The van der Waals surface area contributed by atoms with Crippen LogP contribution in [0, 0.1) is 0 Å². The maximum absolute atomic E-state index is 5.73. The Kier molecular flexibility index (Phi) is 1.93. The molecule has 0 fully saturated rings. The molecule has 24 heavy (non-hydrogen) atoms. The molecule has 0 atom stereocenters. The molecule has 0 unspecified atom stereocenters. The summed E-state index contributed by atoms with van der Waals surface area (Å²) in [6.45, 7) is 0. The predicted molar refractivity (Wildman–Crippen MR) is 87.8 cm³/mol. The van der Waals surface area contributed by atoms with Gasteiger partial charge in [-0.15, -0.1) is 53.3 Å². The quantitative estimate of drug-likeness (QED) is 0.381. The third-order valence-corrected chi connectivity index (χ3v) is 6.14. The summed E-state index contributed by atoms with van der Waals surface area (Å²) in [6, 6.07) is 0. The fourth-order valence-electron chi connectivity index (χ4n) is 2.65. The Bertz CT molecular complexity index is 1330. The Morgan fingerprint density at radius 3 is 1.67 bits per heavy atom. The number of rotatable bonds is 0. The lowest BCUT2D eigenvalue weighted by atomic mass is 10.3. The zero-order chi connectivity index (χ0) is 16.0. The summed E-state index contributed by atoms with van der Waals surface area (Å²) in [5, 5.41) is 33.4. The monoisotopic (exact) mass is 356 g/mol. The van der Waals surface area contributed by atoms with E-state index in [1.807, 2.05) is 0 Å². The first-order chi connectivity index (χ1) is 11.7. The Morgan fingerprint density at radius 1 is 0.667 bits per heavy atom. The summed E-state index contributed by atoms with van der Waals surface area (Å²) in [5.74, 6) is 0.392. The molecule has 6 aromatic heterocycles. The fourth-order valence-corrected chi connectivity index (χ4v) is 5.20. The molecule has 0 aliphatic rings. The van der Waals surface area contributed by atoms with Crippen LogP contribution in [-0.2, 0) is 0 Å². The summed E-state index contributed by atoms with van der Waals surface area (Å²) in [4.78, 5) is 0. The lowest BCUT2D eigenvalue weighted by molar-refractivity contribution is 0.833. The van der Waals surface area contributed by atoms with Gasteiger partial charge in [-0.1, -0.05) is 10.4 Å². The minimum absolute atomic E-state index is 0.196. The zero-order valence-corrected chi connectivity index (χ0v) is 13.1. The number of nitrogens with two attached hydrogens (primary N) is 2. The Morgan fingerprint density at radius 2 is 1.17 bits per heavy atom. The van der Waals surface area contributed by atoms with Crippen molar-refractivity contribution in [1.82, 2.24) is 50.0 Å². The third kappa shape index (κ3) is 1.25. The van der Waals surface area contributed by atoms with Crippen molar-refractivity contribution >= 4 is 75.7 Å². The molecule has 0 bridgehead atoms. The first-order valence-corrected chi connectivity index (χ1v) is 8.21. The van der Waals surface area contributed by atoms with Crippen LogP contribution < -0.4 is 11.5 Å². The molecule has 14 heteroatoms. The Balaban J connectivity index is 1.86. The van der Waals surface area contributed by atoms with Crippen molar-refractivity contribution in [3.8, 4) is 0 Å². The van der Waals surface area contributed by atoms with Gasteiger partial charge in [-0.05, 0) is 0 Å². The van der Waals surface area contributed by atoms with Gasteiger partial charge in [0.1, 0.15) is 20.4 Å². The summed E-state index contributed by atoms with van der Waals surface area (Å²) < 4.78 is 5.52. The average molecular weight is 356 g/mol. The van der Waals surface area contributed by atoms with E-state index < -0.39 is 0 Å². The largest absolute Gasteiger partial charge is 0.366 e. The molecule has 12 nitrogen and oxygen atoms in total. The van der Waals surface area contributed by atoms with E-state index in [1.165, 1.54) is 31.7 Å². The second-order valence-electron chi connectivity index (χ2n) is 4.99. The van der Waals surface area contributed by atoms with Crippen molar-refractivity contribution < 1.29 is 0 Å². The lowest BCUT2D eigenvalue weighted by Crippen LogP contribution is -2.01. The molecule has 6 heterocycles. The molecular weight excluding hydrogens is 352 g/mol. The maximum Gasteiger partial charge on any atom is 0.244 e. The highest BCUT2D eigenvalue weighted by Crippen LogP contribution is 2.43. The molecule has 4 N–H and O–H groups in total. The van der Waals surface area contributed by atoms with Crippen LogP contribution in [0.2, 0.25) is 0 Å². The molecule has 0 spiro atoms. The maximum atomic E-state index is 5.73. The minimum Gasteiger partial charge on any atom is -0.366 e. The second kappa shape index (κ2) is 3.80. The van der Waals surface area contributed by atoms with Crippen molar-refractivity contribution in [2.45, 2.75) is 0 Å². The number of fused-ring (bicyclic) bond motifs is 9. The van der Waals surface area contributed by atoms with Gasteiger partial charge in [-0.25, -0.2) is 0 Å². The lowest BCUT2D eigenvalue weighted by Gasteiger charge is -1.94. The average Bonchev–Trinajstić information content (AvgIpc) is 3.29. The number of anilines is 2. The van der Waals surface area contributed by atoms with Crippen LogP contribution in [0.15, 0.2) is 0 Å². The van der Waals surface area contributed by atoms with Crippen molar-refractivity contribution in [2.75, 3.05) is 11.5 Å². The first kappa shape index (κ1) is 12.2. The van der Waals surface area contributed by atoms with Crippen LogP contribution in [0.3, 0.4) is 0 Å². The normalized spacial score (nSPS) is 12.5. The molecule has 0 saturated heterocycles. The van der Waals surface area contributed by atoms with Crippen LogP contribution in [-0.4, -0.2) is 50.0 Å². The fraction of sp³-hybridized carbons (Fsp3) is 0. The summed E-state index contributed by atoms with van der Waals surface area (Å²) in [6.07, 6.45) is 0. The molecule has 6 rings (SSSR count). The molecule has 0 saturated carbocycles. The molecule has 0 amide bonds. The van der Waals surface area contributed by atoms with E-state index in [0.29, 0.717) is 22.3 Å². The number of nitrogens with zero attached hydrogens (tertiary/aromatic N) is 10. The minimum atomic E-state index is 0.196. The van der Waals surface area contributed by atoms with E-state index in [9.17, 15) is 0 Å². The van der Waals surface area contributed by atoms with Crippen LogP contribution >= 0.6 is 22.7 Å². The van der Waals surface area contributed by atoms with Crippen LogP contribution in [0.4, 0.5) is 11.9 Å². The number of aromatic nitrogens is 10. The second-order valence-corrected chi connectivity index (χ2v) is 7.29. The highest BCUT2D eigenvalue weighted by molar-refractivity contribution is 7.45. The summed E-state index contributed by atoms with van der Waals surface area (Å²) in [7, 11) is 0. The van der Waals surface area contributed by atoms with Gasteiger partial charge >= 0.3 is 0 Å². The first-order valence-electron chi connectivity index (χ1n) is 6.58. The molecule has 0 aromatic carbocycles. The van der Waals surface area contributed by atoms with Gasteiger partial charge in [0.25, 0.3) is 0 Å². The van der Waals surface area contributed by atoms with Gasteiger partial charge in [-0.2, -0.15) is 9.03 Å². The van der Waals surface area contributed by atoms with E-state index in [-0.39, 0.29) is 11.9 Å². The molecule has 0 radical (unpaired) electrons. The highest BCUT2D eigenvalue weighted by Gasteiger charge is 2.22. The van der Waals surface area contributed by atoms with Crippen molar-refractivity contribution in [1.29, 1.82) is 0 Å². The molecular formula is C10H4N12S2. The number of nitrogen functional groups attached to an aromatic ring is 2. The van der Waals surface area contributed by atoms with Crippen LogP contribution in [0.1, 0.15) is 0 Å². The zero-order valence-electron chi connectivity index (χ0n) is 11.4. The molecule has 6 aromatic rings. The Hall–Kier alpha value is -3.26. The van der Waals surface area contributed by atoms with Crippen LogP contribution in [0.25, 0.3) is 41.1 Å². The topological polar surface area (TPSA) is 164 Å². The number of thiophene rings is 2. The number of hydrogen-bond acceptors (Lipinski definition) is 12. The van der Waals surface area contributed by atoms with E-state index in [1.54, 1.807) is 0 Å². The van der Waals surface area contributed by atoms with Gasteiger partial charge in [-0.3, -0.25) is 0 Å². The highest BCUT2D eigenvalue weighted by atomic mass is 32.2. The van der Waals surface area contributed by atoms with Gasteiger partial charge in [0, 0.05) is 0 Å². The molecule has 0 aliphatic heterocycles. The van der Waals surface area contributed by atoms with Crippen LogP contribution in [0.5, 0.6) is 0 Å². The van der Waals surface area contributed by atoms with Gasteiger partial charge in [0.05, 0.1) is 9.40 Å². The summed E-state index contributed by atoms with van der Waals surface area (Å²) >= 11 is 3.05. The molecule has 116 valence electrons. The smallest absolute Gasteiger partial charge is 0.244 e. The van der Waals surface area contributed by atoms with Crippen molar-refractivity contribution in [3.05, 3.63) is 0 Å². The van der Waals surface area contributed by atoms with E-state index >= 15 is 0 Å². The van der Waals surface area contributed by atoms with Crippen molar-refractivity contribution in [2.24, 2.45) is 0 Å². The van der Waals surface area contributed by atoms with E-state index in [4.69, 9.17) is 11.5 Å². The number of hydrogen-bond donors (Lipinski definition) is 2. The van der Waals surface area contributed by atoms with Gasteiger partial charge in [0.2, 0.25) is 23.2 Å².